The average molecular weight is 360 g/mol. The first-order valence-corrected chi connectivity index (χ1v) is 8.40. The predicted molar refractivity (Wildman–Crippen MR) is 97.4 cm³/mol. The van der Waals surface area contributed by atoms with Crippen LogP contribution in [-0.4, -0.2) is 35.4 Å². The van der Waals surface area contributed by atoms with Gasteiger partial charge in [-0.05, 0) is 61.4 Å². The maximum absolute atomic E-state index is 11.2. The van der Waals surface area contributed by atoms with Gasteiger partial charge >= 0.3 is 11.9 Å². The van der Waals surface area contributed by atoms with Crippen LogP contribution in [0.1, 0.15) is 47.4 Å². The van der Waals surface area contributed by atoms with Crippen molar-refractivity contribution in [3.63, 3.8) is 0 Å². The Balaban J connectivity index is 0.000000260. The number of benzene rings is 2. The van der Waals surface area contributed by atoms with Gasteiger partial charge in [0.05, 0.1) is 24.3 Å². The van der Waals surface area contributed by atoms with Gasteiger partial charge in [-0.2, -0.15) is 0 Å². The summed E-state index contributed by atoms with van der Waals surface area (Å²) in [5.74, 6) is -0.400. The molecule has 0 aliphatic heterocycles. The zero-order chi connectivity index (χ0) is 19.4. The van der Waals surface area contributed by atoms with Crippen molar-refractivity contribution in [2.24, 2.45) is 0 Å². The van der Waals surface area contributed by atoms with Crippen LogP contribution in [0.25, 0.3) is 0 Å². The van der Waals surface area contributed by atoms with Crippen LogP contribution in [0.4, 0.5) is 0 Å². The van der Waals surface area contributed by atoms with Gasteiger partial charge < -0.3 is 19.7 Å². The van der Waals surface area contributed by atoms with Gasteiger partial charge in [0.15, 0.2) is 0 Å². The monoisotopic (exact) mass is 360 g/mol. The summed E-state index contributed by atoms with van der Waals surface area (Å²) >= 11 is 0. The topological polar surface area (TPSA) is 93.1 Å². The molecular weight excluding hydrogens is 336 g/mol. The molecule has 0 amide bonds. The standard InChI is InChI=1S/2C10H12O3/c2*1-2-7-13-10(12)8-3-5-9(11)6-4-8/h2*3-6,11H,2,7H2,1H3. The second-order valence-electron chi connectivity index (χ2n) is 5.37. The van der Waals surface area contributed by atoms with E-state index in [0.717, 1.165) is 12.8 Å². The Morgan fingerprint density at radius 2 is 1.00 bits per heavy atom. The molecule has 140 valence electrons. The average Bonchev–Trinajstić information content (AvgIpc) is 2.66. The Morgan fingerprint density at radius 3 is 1.27 bits per heavy atom. The van der Waals surface area contributed by atoms with Crippen LogP contribution in [0, 0.1) is 0 Å². The van der Waals surface area contributed by atoms with Gasteiger partial charge in [-0.1, -0.05) is 13.8 Å². The van der Waals surface area contributed by atoms with Crippen LogP contribution in [0.2, 0.25) is 0 Å². The normalized spacial score (nSPS) is 9.62. The maximum Gasteiger partial charge on any atom is 0.338 e. The third-order valence-electron chi connectivity index (χ3n) is 3.08. The summed E-state index contributed by atoms with van der Waals surface area (Å²) in [6, 6.07) is 12.0. The minimum absolute atomic E-state index is 0.145. The number of aromatic hydroxyl groups is 2. The molecule has 2 aromatic carbocycles. The Morgan fingerprint density at radius 1 is 0.692 bits per heavy atom. The lowest BCUT2D eigenvalue weighted by atomic mass is 10.2. The van der Waals surface area contributed by atoms with Crippen molar-refractivity contribution in [3.05, 3.63) is 59.7 Å². The van der Waals surface area contributed by atoms with Crippen LogP contribution in [-0.2, 0) is 9.47 Å². The maximum atomic E-state index is 11.2. The van der Waals surface area contributed by atoms with E-state index in [-0.39, 0.29) is 23.4 Å². The van der Waals surface area contributed by atoms with Gasteiger partial charge in [0, 0.05) is 0 Å². The van der Waals surface area contributed by atoms with E-state index in [1.807, 2.05) is 13.8 Å². The summed E-state index contributed by atoms with van der Waals surface area (Å²) in [5.41, 5.74) is 0.928. The van der Waals surface area contributed by atoms with E-state index in [1.165, 1.54) is 48.5 Å². The van der Waals surface area contributed by atoms with E-state index in [1.54, 1.807) is 0 Å². The number of rotatable bonds is 6. The molecule has 0 saturated heterocycles. The van der Waals surface area contributed by atoms with Crippen molar-refractivity contribution in [3.8, 4) is 11.5 Å². The molecule has 26 heavy (non-hydrogen) atoms. The molecule has 6 nitrogen and oxygen atoms in total. The summed E-state index contributed by atoms with van der Waals surface area (Å²) in [6.07, 6.45) is 1.62. The highest BCUT2D eigenvalue weighted by Crippen LogP contribution is 2.11. The van der Waals surface area contributed by atoms with E-state index >= 15 is 0 Å². The molecule has 0 aliphatic rings. The predicted octanol–water partition coefficient (Wildman–Crippen LogP) is 3.92. The molecule has 0 unspecified atom stereocenters. The number of carbonyl (C=O) groups is 2. The van der Waals surface area contributed by atoms with Gasteiger partial charge in [-0.3, -0.25) is 0 Å². The molecule has 0 radical (unpaired) electrons. The number of hydrogen-bond acceptors (Lipinski definition) is 6. The number of carbonyl (C=O) groups excluding carboxylic acids is 2. The van der Waals surface area contributed by atoms with Crippen molar-refractivity contribution in [2.75, 3.05) is 13.2 Å². The molecule has 2 N–H and O–H groups in total. The number of hydrogen-bond donors (Lipinski definition) is 2. The summed E-state index contributed by atoms with van der Waals surface area (Å²) in [7, 11) is 0. The molecule has 2 rings (SSSR count). The van der Waals surface area contributed by atoms with E-state index < -0.39 is 0 Å². The first kappa shape index (κ1) is 21.0. The van der Waals surface area contributed by atoms with Crippen LogP contribution in [0.3, 0.4) is 0 Å². The van der Waals surface area contributed by atoms with Crippen molar-refractivity contribution < 1.29 is 29.3 Å². The minimum atomic E-state index is -0.346. The fourth-order valence-corrected chi connectivity index (χ4v) is 1.75. The third-order valence-corrected chi connectivity index (χ3v) is 3.08. The fraction of sp³-hybridized carbons (Fsp3) is 0.300. The van der Waals surface area contributed by atoms with Crippen LogP contribution < -0.4 is 0 Å². The molecular formula is C20H24O6. The summed E-state index contributed by atoms with van der Waals surface area (Å²) in [6.45, 7) is 4.73. The van der Waals surface area contributed by atoms with Crippen molar-refractivity contribution in [1.82, 2.24) is 0 Å². The first-order valence-electron chi connectivity index (χ1n) is 8.40. The second kappa shape index (κ2) is 11.5. The molecule has 0 saturated carbocycles. The second-order valence-corrected chi connectivity index (χ2v) is 5.37. The molecule has 0 bridgehead atoms. The molecule has 0 heterocycles. The first-order chi connectivity index (χ1) is 12.5. The lowest BCUT2D eigenvalue weighted by Gasteiger charge is -2.02. The number of ether oxygens (including phenoxy) is 2. The number of phenolic OH excluding ortho intramolecular Hbond substituents is 2. The molecule has 6 heteroatoms. The van der Waals surface area contributed by atoms with E-state index in [0.29, 0.717) is 24.3 Å². The minimum Gasteiger partial charge on any atom is -0.508 e. The quantitative estimate of drug-likeness (QED) is 0.759. The molecule has 0 spiro atoms. The smallest absolute Gasteiger partial charge is 0.338 e. The van der Waals surface area contributed by atoms with Gasteiger partial charge in [0.1, 0.15) is 11.5 Å². The van der Waals surface area contributed by atoms with Gasteiger partial charge in [-0.15, -0.1) is 0 Å². The zero-order valence-electron chi connectivity index (χ0n) is 15.0. The van der Waals surface area contributed by atoms with Crippen LogP contribution >= 0.6 is 0 Å². The van der Waals surface area contributed by atoms with E-state index in [9.17, 15) is 9.59 Å². The van der Waals surface area contributed by atoms with Gasteiger partial charge in [0.2, 0.25) is 0 Å². The fourth-order valence-electron chi connectivity index (χ4n) is 1.75. The van der Waals surface area contributed by atoms with Crippen molar-refractivity contribution in [1.29, 1.82) is 0 Å². The summed E-state index contributed by atoms with van der Waals surface area (Å²) in [4.78, 5) is 22.4. The van der Waals surface area contributed by atoms with E-state index in [2.05, 4.69) is 0 Å². The lowest BCUT2D eigenvalue weighted by Crippen LogP contribution is -2.05. The van der Waals surface area contributed by atoms with Gasteiger partial charge in [-0.25, -0.2) is 9.59 Å². The highest BCUT2D eigenvalue weighted by molar-refractivity contribution is 5.89. The van der Waals surface area contributed by atoms with Gasteiger partial charge in [0.25, 0.3) is 0 Å². The SMILES string of the molecule is CCCOC(=O)c1ccc(O)cc1.CCCOC(=O)c1ccc(O)cc1. The number of esters is 2. The Labute approximate surface area is 153 Å². The van der Waals surface area contributed by atoms with Crippen LogP contribution in [0.5, 0.6) is 11.5 Å². The summed E-state index contributed by atoms with van der Waals surface area (Å²) < 4.78 is 9.79. The lowest BCUT2D eigenvalue weighted by molar-refractivity contribution is 0.0496. The molecule has 0 aliphatic carbocycles. The highest BCUT2D eigenvalue weighted by atomic mass is 16.5. The highest BCUT2D eigenvalue weighted by Gasteiger charge is 2.06. The molecule has 0 fully saturated rings. The molecule has 2 aromatic rings. The zero-order valence-corrected chi connectivity index (χ0v) is 15.0. The Hall–Kier alpha value is -3.02. The summed E-state index contributed by atoms with van der Waals surface area (Å²) in [5, 5.41) is 17.9. The van der Waals surface area contributed by atoms with E-state index in [4.69, 9.17) is 19.7 Å². The van der Waals surface area contributed by atoms with Crippen molar-refractivity contribution in [2.45, 2.75) is 26.7 Å². The number of phenols is 2. The molecule has 0 aromatic heterocycles. The largest absolute Gasteiger partial charge is 0.508 e. The Kier molecular flexibility index (Phi) is 9.31. The Bertz CT molecular complexity index is 615. The van der Waals surface area contributed by atoms with Crippen LogP contribution in [0.15, 0.2) is 48.5 Å². The molecule has 0 atom stereocenters. The third kappa shape index (κ3) is 7.70. The van der Waals surface area contributed by atoms with Crippen molar-refractivity contribution >= 4 is 11.9 Å².